The Hall–Kier alpha value is -2.13. The molecule has 1 N–H and O–H groups in total. The fraction of sp³-hybridized carbons (Fsp3) is 0.0714. The third kappa shape index (κ3) is 2.34. The Bertz CT molecular complexity index is 520. The molecule has 0 spiro atoms. The van der Waals surface area contributed by atoms with Gasteiger partial charge in [0.2, 0.25) is 0 Å². The molecule has 0 saturated carbocycles. The molecule has 17 heavy (non-hydrogen) atoms. The summed E-state index contributed by atoms with van der Waals surface area (Å²) in [4.78, 5) is 10.9. The quantitative estimate of drug-likeness (QED) is 0.645. The highest BCUT2D eigenvalue weighted by molar-refractivity contribution is 5.85. The van der Waals surface area contributed by atoms with Gasteiger partial charge in [0, 0.05) is 5.56 Å². The predicted octanol–water partition coefficient (Wildman–Crippen LogP) is 3.33. The second-order valence-electron chi connectivity index (χ2n) is 3.82. The van der Waals surface area contributed by atoms with Crippen LogP contribution in [-0.2, 0) is 0 Å². The lowest BCUT2D eigenvalue weighted by molar-refractivity contribution is 0.112. The normalized spacial score (nSPS) is 10.0. The van der Waals surface area contributed by atoms with Crippen molar-refractivity contribution in [1.82, 2.24) is 0 Å². The van der Waals surface area contributed by atoms with Gasteiger partial charge in [-0.2, -0.15) is 0 Å². The van der Waals surface area contributed by atoms with Crippen LogP contribution in [0.5, 0.6) is 0 Å². The Morgan fingerprint density at radius 3 is 2.35 bits per heavy atom. The van der Waals surface area contributed by atoms with Gasteiger partial charge in [0.1, 0.15) is 0 Å². The highest BCUT2D eigenvalue weighted by atomic mass is 16.5. The van der Waals surface area contributed by atoms with Crippen molar-refractivity contribution in [3.63, 3.8) is 0 Å². The van der Waals surface area contributed by atoms with Gasteiger partial charge < -0.3 is 0 Å². The van der Waals surface area contributed by atoms with Crippen molar-refractivity contribution in [2.45, 2.75) is 6.92 Å². The minimum Gasteiger partial charge on any atom is -0.298 e. The van der Waals surface area contributed by atoms with E-state index in [4.69, 9.17) is 0 Å². The molecule has 0 radical (unpaired) electrons. The van der Waals surface area contributed by atoms with Crippen molar-refractivity contribution in [3.8, 4) is 0 Å². The molecular weight excluding hydrogens is 214 g/mol. The second-order valence-corrected chi connectivity index (χ2v) is 3.82. The maximum Gasteiger partial charge on any atom is 0.152 e. The molecule has 86 valence electrons. The molecule has 0 saturated heterocycles. The van der Waals surface area contributed by atoms with E-state index >= 15 is 0 Å². The molecule has 2 aromatic rings. The fourth-order valence-electron chi connectivity index (χ4n) is 1.61. The second kappa shape index (κ2) is 4.80. The number of carbonyl (C=O) groups excluding carboxylic acids is 1. The molecule has 0 unspecified atom stereocenters. The SMILES string of the molecule is Cc1ccc(N(O)c2ccccc2C=O)cc1. The summed E-state index contributed by atoms with van der Waals surface area (Å²) in [5.74, 6) is 0. The van der Waals surface area contributed by atoms with Gasteiger partial charge in [-0.25, -0.2) is 5.06 Å². The van der Waals surface area contributed by atoms with Gasteiger partial charge in [-0.3, -0.25) is 10.0 Å². The third-order valence-corrected chi connectivity index (χ3v) is 2.57. The number of hydrogen-bond donors (Lipinski definition) is 1. The van der Waals surface area contributed by atoms with Crippen LogP contribution in [0.4, 0.5) is 11.4 Å². The van der Waals surface area contributed by atoms with Crippen LogP contribution in [0.3, 0.4) is 0 Å². The van der Waals surface area contributed by atoms with Gasteiger partial charge >= 0.3 is 0 Å². The number of para-hydroxylation sites is 1. The summed E-state index contributed by atoms with van der Waals surface area (Å²) in [5.41, 5.74) is 2.68. The summed E-state index contributed by atoms with van der Waals surface area (Å²) in [6.45, 7) is 1.98. The maximum atomic E-state index is 10.9. The highest BCUT2D eigenvalue weighted by Crippen LogP contribution is 2.25. The summed E-state index contributed by atoms with van der Waals surface area (Å²) in [6.07, 6.45) is 0.729. The predicted molar refractivity (Wildman–Crippen MR) is 66.9 cm³/mol. The number of rotatable bonds is 3. The van der Waals surface area contributed by atoms with Crippen molar-refractivity contribution in [1.29, 1.82) is 0 Å². The van der Waals surface area contributed by atoms with E-state index in [2.05, 4.69) is 0 Å². The van der Waals surface area contributed by atoms with E-state index < -0.39 is 0 Å². The molecule has 3 heteroatoms. The van der Waals surface area contributed by atoms with E-state index in [0.29, 0.717) is 16.9 Å². The zero-order valence-corrected chi connectivity index (χ0v) is 9.50. The van der Waals surface area contributed by atoms with E-state index in [1.807, 2.05) is 19.1 Å². The van der Waals surface area contributed by atoms with Crippen LogP contribution in [0.1, 0.15) is 15.9 Å². The molecule has 0 aliphatic rings. The Balaban J connectivity index is 2.39. The third-order valence-electron chi connectivity index (χ3n) is 2.57. The molecule has 0 amide bonds. The van der Waals surface area contributed by atoms with Gasteiger partial charge in [-0.05, 0) is 31.2 Å². The van der Waals surface area contributed by atoms with Crippen LogP contribution in [0.2, 0.25) is 0 Å². The molecule has 0 bridgehead atoms. The topological polar surface area (TPSA) is 40.5 Å². The molecule has 0 atom stereocenters. The molecule has 0 aliphatic carbocycles. The molecule has 0 fully saturated rings. The van der Waals surface area contributed by atoms with Gasteiger partial charge in [0.25, 0.3) is 0 Å². The van der Waals surface area contributed by atoms with E-state index in [-0.39, 0.29) is 0 Å². The monoisotopic (exact) mass is 227 g/mol. The van der Waals surface area contributed by atoms with Gasteiger partial charge in [-0.15, -0.1) is 0 Å². The van der Waals surface area contributed by atoms with E-state index in [0.717, 1.165) is 16.9 Å². The molecule has 0 aromatic heterocycles. The van der Waals surface area contributed by atoms with Crippen molar-refractivity contribution < 1.29 is 10.0 Å². The van der Waals surface area contributed by atoms with Gasteiger partial charge in [0.05, 0.1) is 11.4 Å². The zero-order valence-electron chi connectivity index (χ0n) is 9.50. The largest absolute Gasteiger partial charge is 0.298 e. The van der Waals surface area contributed by atoms with Crippen molar-refractivity contribution in [3.05, 3.63) is 59.7 Å². The minimum atomic E-state index is 0.454. The van der Waals surface area contributed by atoms with Crippen LogP contribution in [0.25, 0.3) is 0 Å². The van der Waals surface area contributed by atoms with Crippen molar-refractivity contribution in [2.24, 2.45) is 0 Å². The lowest BCUT2D eigenvalue weighted by atomic mass is 10.1. The number of nitrogens with zero attached hydrogens (tertiary/aromatic N) is 1. The Kier molecular flexibility index (Phi) is 3.21. The molecule has 2 aromatic carbocycles. The van der Waals surface area contributed by atoms with Crippen LogP contribution in [0, 0.1) is 6.92 Å². The Morgan fingerprint density at radius 2 is 1.71 bits per heavy atom. The first kappa shape index (κ1) is 11.4. The fourth-order valence-corrected chi connectivity index (χ4v) is 1.61. The summed E-state index contributed by atoms with van der Waals surface area (Å²) in [5, 5.41) is 11.1. The number of carbonyl (C=O) groups is 1. The average molecular weight is 227 g/mol. The van der Waals surface area contributed by atoms with Gasteiger partial charge in [0.15, 0.2) is 6.29 Å². The summed E-state index contributed by atoms with van der Waals surface area (Å²) in [7, 11) is 0. The van der Waals surface area contributed by atoms with Crippen LogP contribution in [-0.4, -0.2) is 11.5 Å². The first-order chi connectivity index (χ1) is 8.22. The molecule has 2 rings (SSSR count). The number of hydrogen-bond acceptors (Lipinski definition) is 3. The van der Waals surface area contributed by atoms with Crippen LogP contribution >= 0.6 is 0 Å². The summed E-state index contributed by atoms with van der Waals surface area (Å²) >= 11 is 0. The van der Waals surface area contributed by atoms with E-state index in [9.17, 15) is 10.0 Å². The van der Waals surface area contributed by atoms with Gasteiger partial charge in [-0.1, -0.05) is 29.8 Å². The lowest BCUT2D eigenvalue weighted by Crippen LogP contribution is -2.12. The summed E-state index contributed by atoms with van der Waals surface area (Å²) in [6, 6.07) is 14.3. The standard InChI is InChI=1S/C14H13NO2/c1-11-6-8-13(9-7-11)15(17)14-5-3-2-4-12(14)10-16/h2-10,17H,1H3. The maximum absolute atomic E-state index is 10.9. The van der Waals surface area contributed by atoms with Crippen LogP contribution < -0.4 is 5.06 Å². The molecule has 0 aliphatic heterocycles. The van der Waals surface area contributed by atoms with Crippen molar-refractivity contribution in [2.75, 3.05) is 5.06 Å². The molecule has 0 heterocycles. The first-order valence-electron chi connectivity index (χ1n) is 5.32. The number of aryl methyl sites for hydroxylation is 1. The Labute approximate surface area is 99.9 Å². The smallest absolute Gasteiger partial charge is 0.152 e. The zero-order chi connectivity index (χ0) is 12.3. The summed E-state index contributed by atoms with van der Waals surface area (Å²) < 4.78 is 0. The lowest BCUT2D eigenvalue weighted by Gasteiger charge is -2.18. The number of benzene rings is 2. The Morgan fingerprint density at radius 1 is 1.06 bits per heavy atom. The van der Waals surface area contributed by atoms with Crippen molar-refractivity contribution >= 4 is 17.7 Å². The highest BCUT2D eigenvalue weighted by Gasteiger charge is 2.09. The average Bonchev–Trinajstić information content (AvgIpc) is 2.39. The minimum absolute atomic E-state index is 0.454. The molecular formula is C14H13NO2. The first-order valence-corrected chi connectivity index (χ1v) is 5.32. The molecule has 3 nitrogen and oxygen atoms in total. The number of anilines is 2. The number of aldehydes is 1. The van der Waals surface area contributed by atoms with E-state index in [1.54, 1.807) is 36.4 Å². The van der Waals surface area contributed by atoms with Crippen LogP contribution in [0.15, 0.2) is 48.5 Å². The van der Waals surface area contributed by atoms with E-state index in [1.165, 1.54) is 0 Å².